The van der Waals surface area contributed by atoms with Crippen LogP contribution in [-0.4, -0.2) is 66.2 Å². The lowest BCUT2D eigenvalue weighted by atomic mass is 10.3. The van der Waals surface area contributed by atoms with Crippen molar-refractivity contribution >= 4 is 54.0 Å². The second-order valence-corrected chi connectivity index (χ2v) is 9.77. The van der Waals surface area contributed by atoms with Gasteiger partial charge in [-0.1, -0.05) is 0 Å². The van der Waals surface area contributed by atoms with Gasteiger partial charge >= 0.3 is 0 Å². The van der Waals surface area contributed by atoms with E-state index in [4.69, 9.17) is 0 Å². The van der Waals surface area contributed by atoms with Crippen LogP contribution in [0.3, 0.4) is 0 Å². The molecule has 1 aliphatic heterocycles. The molecule has 4 rings (SSSR count). The highest BCUT2D eigenvalue weighted by Gasteiger charge is 2.29. The Hall–Kier alpha value is -1.92. The first-order valence-corrected chi connectivity index (χ1v) is 11.5. The molecule has 0 saturated carbocycles. The van der Waals surface area contributed by atoms with Crippen molar-refractivity contribution in [1.29, 1.82) is 0 Å². The van der Waals surface area contributed by atoms with Gasteiger partial charge in [-0.25, -0.2) is 18.4 Å². The summed E-state index contributed by atoms with van der Waals surface area (Å²) in [6, 6.07) is 5.04. The summed E-state index contributed by atoms with van der Waals surface area (Å²) in [6.07, 6.45) is 1.63. The summed E-state index contributed by atoms with van der Waals surface area (Å²) in [5.41, 5.74) is 2.40. The monoisotopic (exact) mass is 423 g/mol. The van der Waals surface area contributed by atoms with Gasteiger partial charge in [0.15, 0.2) is 5.13 Å². The number of sulfonamides is 1. The first kappa shape index (κ1) is 18.4. The minimum Gasteiger partial charge on any atom is -0.301 e. The lowest BCUT2D eigenvalue weighted by Gasteiger charge is -2.33. The number of anilines is 1. The molecule has 0 atom stereocenters. The van der Waals surface area contributed by atoms with E-state index in [-0.39, 0.29) is 17.3 Å². The second kappa shape index (κ2) is 7.60. The number of nitrogens with one attached hydrogen (secondary N) is 1. The number of piperazine rings is 1. The van der Waals surface area contributed by atoms with Crippen LogP contribution in [0, 0.1) is 0 Å². The molecule has 0 spiro atoms. The van der Waals surface area contributed by atoms with Gasteiger partial charge in [0.2, 0.25) is 15.9 Å². The maximum atomic E-state index is 12.9. The number of amides is 1. The molecule has 11 heteroatoms. The summed E-state index contributed by atoms with van der Waals surface area (Å²) in [6.45, 7) is 1.93. The van der Waals surface area contributed by atoms with Crippen molar-refractivity contribution in [3.8, 4) is 0 Å². The van der Waals surface area contributed by atoms with E-state index in [1.807, 2.05) is 4.90 Å². The molecule has 1 fully saturated rings. The quantitative estimate of drug-likeness (QED) is 0.671. The molecular weight excluding hydrogens is 406 g/mol. The van der Waals surface area contributed by atoms with Gasteiger partial charge < -0.3 is 5.32 Å². The molecule has 142 valence electrons. The molecule has 1 aliphatic rings. The Bertz CT molecular complexity index is 1040. The number of fused-ring (bicyclic) bond motifs is 1. The Morgan fingerprint density at radius 3 is 2.70 bits per heavy atom. The van der Waals surface area contributed by atoms with Crippen molar-refractivity contribution in [1.82, 2.24) is 19.2 Å². The van der Waals surface area contributed by atoms with E-state index in [9.17, 15) is 13.2 Å². The SMILES string of the molecule is O=C(CN1CCN(S(=O)(=O)c2ccc3scnc3c2)CC1)Nc1nccs1. The van der Waals surface area contributed by atoms with Crippen molar-refractivity contribution in [2.24, 2.45) is 0 Å². The Morgan fingerprint density at radius 1 is 1.15 bits per heavy atom. The number of carbonyl (C=O) groups excluding carboxylic acids is 1. The number of aromatic nitrogens is 2. The molecular formula is C16H17N5O3S3. The number of hydrogen-bond donors (Lipinski definition) is 1. The van der Waals surface area contributed by atoms with Crippen molar-refractivity contribution in [2.45, 2.75) is 4.90 Å². The molecule has 1 N–H and O–H groups in total. The van der Waals surface area contributed by atoms with Gasteiger partial charge in [-0.05, 0) is 18.2 Å². The molecule has 1 amide bonds. The summed E-state index contributed by atoms with van der Waals surface area (Å²) in [5.74, 6) is -0.143. The van der Waals surface area contributed by atoms with E-state index in [0.717, 1.165) is 4.70 Å². The molecule has 27 heavy (non-hydrogen) atoms. The van der Waals surface area contributed by atoms with Gasteiger partial charge in [-0.3, -0.25) is 9.69 Å². The van der Waals surface area contributed by atoms with Crippen LogP contribution in [0.2, 0.25) is 0 Å². The maximum absolute atomic E-state index is 12.9. The number of benzene rings is 1. The van der Waals surface area contributed by atoms with Crippen molar-refractivity contribution in [3.05, 3.63) is 35.3 Å². The second-order valence-electron chi connectivity index (χ2n) is 6.05. The number of hydrogen-bond acceptors (Lipinski definition) is 8. The normalized spacial score (nSPS) is 16.6. The summed E-state index contributed by atoms with van der Waals surface area (Å²) < 4.78 is 28.2. The molecule has 8 nitrogen and oxygen atoms in total. The Balaban J connectivity index is 1.37. The highest BCUT2D eigenvalue weighted by atomic mass is 32.2. The number of nitrogens with zero attached hydrogens (tertiary/aromatic N) is 4. The zero-order valence-electron chi connectivity index (χ0n) is 14.2. The van der Waals surface area contributed by atoms with E-state index in [1.165, 1.54) is 27.0 Å². The molecule has 0 bridgehead atoms. The third kappa shape index (κ3) is 4.01. The maximum Gasteiger partial charge on any atom is 0.243 e. The highest BCUT2D eigenvalue weighted by Crippen LogP contribution is 2.24. The fourth-order valence-electron chi connectivity index (χ4n) is 2.92. The first-order valence-electron chi connectivity index (χ1n) is 8.27. The number of carbonyl (C=O) groups is 1. The predicted molar refractivity (Wildman–Crippen MR) is 106 cm³/mol. The van der Waals surface area contributed by atoms with Crippen LogP contribution < -0.4 is 5.32 Å². The summed E-state index contributed by atoms with van der Waals surface area (Å²) in [7, 11) is -3.56. The molecule has 3 aromatic rings. The molecule has 0 unspecified atom stereocenters. The molecule has 1 saturated heterocycles. The van der Waals surface area contributed by atoms with Crippen molar-refractivity contribution in [2.75, 3.05) is 38.0 Å². The van der Waals surface area contributed by atoms with Crippen LogP contribution in [0.5, 0.6) is 0 Å². The first-order chi connectivity index (χ1) is 13.0. The van der Waals surface area contributed by atoms with Crippen LogP contribution in [-0.2, 0) is 14.8 Å². The van der Waals surface area contributed by atoms with Gasteiger partial charge in [-0.15, -0.1) is 22.7 Å². The van der Waals surface area contributed by atoms with Crippen LogP contribution in [0.1, 0.15) is 0 Å². The van der Waals surface area contributed by atoms with Gasteiger partial charge in [0, 0.05) is 37.8 Å². The zero-order chi connectivity index (χ0) is 18.9. The third-order valence-corrected chi connectivity index (χ3v) is 7.71. The smallest absolute Gasteiger partial charge is 0.243 e. The van der Waals surface area contributed by atoms with E-state index < -0.39 is 10.0 Å². The van der Waals surface area contributed by atoms with Gasteiger partial charge in [-0.2, -0.15) is 4.31 Å². The summed E-state index contributed by atoms with van der Waals surface area (Å²) in [5, 5.41) is 5.10. The molecule has 0 aliphatic carbocycles. The van der Waals surface area contributed by atoms with Crippen molar-refractivity contribution in [3.63, 3.8) is 0 Å². The summed E-state index contributed by atoms with van der Waals surface area (Å²) >= 11 is 2.84. The largest absolute Gasteiger partial charge is 0.301 e. The van der Waals surface area contributed by atoms with Crippen LogP contribution in [0.25, 0.3) is 10.2 Å². The van der Waals surface area contributed by atoms with Gasteiger partial charge in [0.1, 0.15) is 0 Å². The Labute approximate surface area is 164 Å². The van der Waals surface area contributed by atoms with Crippen LogP contribution in [0.4, 0.5) is 5.13 Å². The van der Waals surface area contributed by atoms with Crippen LogP contribution in [0.15, 0.2) is 40.2 Å². The molecule has 2 aromatic heterocycles. The minimum atomic E-state index is -3.56. The van der Waals surface area contributed by atoms with Gasteiger partial charge in [0.05, 0.1) is 27.2 Å². The average molecular weight is 424 g/mol. The average Bonchev–Trinajstić information content (AvgIpc) is 3.32. The fraction of sp³-hybridized carbons (Fsp3) is 0.312. The van der Waals surface area contributed by atoms with E-state index in [1.54, 1.807) is 35.3 Å². The Kier molecular flexibility index (Phi) is 5.19. The molecule has 3 heterocycles. The Morgan fingerprint density at radius 2 is 1.96 bits per heavy atom. The predicted octanol–water partition coefficient (Wildman–Crippen LogP) is 1.70. The van der Waals surface area contributed by atoms with E-state index in [2.05, 4.69) is 15.3 Å². The third-order valence-electron chi connectivity index (χ3n) is 4.32. The zero-order valence-corrected chi connectivity index (χ0v) is 16.7. The molecule has 1 aromatic carbocycles. The minimum absolute atomic E-state index is 0.143. The van der Waals surface area contributed by atoms with E-state index in [0.29, 0.717) is 36.8 Å². The topological polar surface area (TPSA) is 95.5 Å². The molecule has 0 radical (unpaired) electrons. The number of rotatable bonds is 5. The fourth-order valence-corrected chi connectivity index (χ4v) is 5.57. The lowest BCUT2D eigenvalue weighted by molar-refractivity contribution is -0.117. The van der Waals surface area contributed by atoms with Gasteiger partial charge in [0.25, 0.3) is 0 Å². The standard InChI is InChI=1S/C16H17N5O3S3/c22-15(19-16-17-3-8-25-16)10-20-4-6-21(7-5-20)27(23,24)12-1-2-14-13(9-12)18-11-26-14/h1-3,8-9,11H,4-7,10H2,(H,17,19,22). The summed E-state index contributed by atoms with van der Waals surface area (Å²) in [4.78, 5) is 22.5. The highest BCUT2D eigenvalue weighted by molar-refractivity contribution is 7.89. The van der Waals surface area contributed by atoms with Crippen molar-refractivity contribution < 1.29 is 13.2 Å². The number of thiazole rings is 2. The van der Waals surface area contributed by atoms with Crippen LogP contribution >= 0.6 is 22.7 Å². The lowest BCUT2D eigenvalue weighted by Crippen LogP contribution is -2.50. The van der Waals surface area contributed by atoms with E-state index >= 15 is 0 Å².